The van der Waals surface area contributed by atoms with Crippen LogP contribution in [0.1, 0.15) is 26.7 Å². The molecule has 0 saturated carbocycles. The van der Waals surface area contributed by atoms with E-state index in [1.165, 1.54) is 11.8 Å². The van der Waals surface area contributed by atoms with E-state index in [1.807, 2.05) is 13.0 Å². The number of anilines is 1. The molecule has 1 atom stereocenters. The number of nitrogens with one attached hydrogen (secondary N) is 1. The molecule has 130 valence electrons. The fourth-order valence-electron chi connectivity index (χ4n) is 2.30. The van der Waals surface area contributed by atoms with E-state index in [1.54, 1.807) is 18.2 Å². The van der Waals surface area contributed by atoms with Gasteiger partial charge in [0.2, 0.25) is 0 Å². The molecule has 1 aliphatic heterocycles. The molecule has 7 heteroatoms. The SMILES string of the molecule is CCCNC(=O)[C@@H](C)OC(=O)CCN1C(=O)COc2ccccc21. The van der Waals surface area contributed by atoms with Crippen LogP contribution in [0.2, 0.25) is 0 Å². The van der Waals surface area contributed by atoms with Crippen LogP contribution in [-0.2, 0) is 19.1 Å². The van der Waals surface area contributed by atoms with Crippen molar-refractivity contribution in [3.63, 3.8) is 0 Å². The number of nitrogens with zero attached hydrogens (tertiary/aromatic N) is 1. The molecule has 0 unspecified atom stereocenters. The lowest BCUT2D eigenvalue weighted by molar-refractivity contribution is -0.154. The van der Waals surface area contributed by atoms with E-state index in [2.05, 4.69) is 5.32 Å². The first-order valence-corrected chi connectivity index (χ1v) is 8.02. The summed E-state index contributed by atoms with van der Waals surface area (Å²) >= 11 is 0. The third-order valence-electron chi connectivity index (χ3n) is 3.57. The molecule has 0 fully saturated rings. The van der Waals surface area contributed by atoms with E-state index in [4.69, 9.17) is 9.47 Å². The molecule has 1 aliphatic rings. The third-order valence-corrected chi connectivity index (χ3v) is 3.57. The van der Waals surface area contributed by atoms with E-state index in [-0.39, 0.29) is 31.4 Å². The van der Waals surface area contributed by atoms with E-state index >= 15 is 0 Å². The quantitative estimate of drug-likeness (QED) is 0.759. The van der Waals surface area contributed by atoms with Gasteiger partial charge in [0.15, 0.2) is 12.7 Å². The number of hydrogen-bond acceptors (Lipinski definition) is 5. The minimum absolute atomic E-state index is 0.00543. The monoisotopic (exact) mass is 334 g/mol. The number of esters is 1. The van der Waals surface area contributed by atoms with Gasteiger partial charge in [0, 0.05) is 13.1 Å². The number of ether oxygens (including phenoxy) is 2. The minimum atomic E-state index is -0.850. The predicted molar refractivity (Wildman–Crippen MR) is 87.8 cm³/mol. The maximum Gasteiger partial charge on any atom is 0.308 e. The highest BCUT2D eigenvalue weighted by Crippen LogP contribution is 2.31. The number of amides is 2. The molecule has 1 heterocycles. The molecule has 0 aliphatic carbocycles. The number of rotatable bonds is 7. The van der Waals surface area contributed by atoms with Crippen LogP contribution in [0.5, 0.6) is 5.75 Å². The van der Waals surface area contributed by atoms with Crippen LogP contribution in [0.4, 0.5) is 5.69 Å². The van der Waals surface area contributed by atoms with Gasteiger partial charge < -0.3 is 19.7 Å². The molecule has 0 spiro atoms. The molecule has 0 radical (unpaired) electrons. The van der Waals surface area contributed by atoms with Crippen LogP contribution in [0.15, 0.2) is 24.3 Å². The molecule has 7 nitrogen and oxygen atoms in total. The van der Waals surface area contributed by atoms with Gasteiger partial charge >= 0.3 is 5.97 Å². The van der Waals surface area contributed by atoms with E-state index in [0.29, 0.717) is 18.0 Å². The molecule has 0 bridgehead atoms. The Balaban J connectivity index is 1.88. The molecule has 2 amide bonds. The highest BCUT2D eigenvalue weighted by molar-refractivity contribution is 5.98. The molecular weight excluding hydrogens is 312 g/mol. The number of carbonyl (C=O) groups excluding carboxylic acids is 3. The Hall–Kier alpha value is -2.57. The van der Waals surface area contributed by atoms with E-state index in [9.17, 15) is 14.4 Å². The summed E-state index contributed by atoms with van der Waals surface area (Å²) in [7, 11) is 0. The number of carbonyl (C=O) groups is 3. The van der Waals surface area contributed by atoms with Gasteiger partial charge in [-0.25, -0.2) is 0 Å². The summed E-state index contributed by atoms with van der Waals surface area (Å²) in [6.45, 7) is 4.13. The van der Waals surface area contributed by atoms with Crippen LogP contribution in [-0.4, -0.2) is 43.6 Å². The van der Waals surface area contributed by atoms with Crippen LogP contribution in [0, 0.1) is 0 Å². The second kappa shape index (κ2) is 8.33. The highest BCUT2D eigenvalue weighted by Gasteiger charge is 2.26. The predicted octanol–water partition coefficient (Wildman–Crippen LogP) is 1.26. The van der Waals surface area contributed by atoms with Crippen LogP contribution < -0.4 is 15.0 Å². The summed E-state index contributed by atoms with van der Waals surface area (Å²) in [5.41, 5.74) is 0.635. The fraction of sp³-hybridized carbons (Fsp3) is 0.471. The Morgan fingerprint density at radius 1 is 1.38 bits per heavy atom. The zero-order valence-corrected chi connectivity index (χ0v) is 13.9. The van der Waals surface area contributed by atoms with Gasteiger partial charge in [-0.3, -0.25) is 14.4 Å². The van der Waals surface area contributed by atoms with E-state index in [0.717, 1.165) is 6.42 Å². The van der Waals surface area contributed by atoms with Gasteiger partial charge in [-0.15, -0.1) is 0 Å². The zero-order chi connectivity index (χ0) is 17.5. The lowest BCUT2D eigenvalue weighted by Gasteiger charge is -2.29. The Morgan fingerprint density at radius 3 is 2.88 bits per heavy atom. The highest BCUT2D eigenvalue weighted by atomic mass is 16.5. The molecule has 2 rings (SSSR count). The summed E-state index contributed by atoms with van der Waals surface area (Å²) in [5, 5.41) is 2.67. The van der Waals surface area contributed by atoms with Crippen molar-refractivity contribution in [2.45, 2.75) is 32.8 Å². The standard InChI is InChI=1S/C17H22N2O5/c1-3-9-18-17(22)12(2)24-16(21)8-10-19-13-6-4-5-7-14(13)23-11-15(19)20/h4-7,12H,3,8-11H2,1-2H3,(H,18,22)/t12-/m1/s1. The molecular formula is C17H22N2O5. The summed E-state index contributed by atoms with van der Waals surface area (Å²) in [4.78, 5) is 37.1. The van der Waals surface area contributed by atoms with E-state index < -0.39 is 12.1 Å². The van der Waals surface area contributed by atoms with Gasteiger partial charge in [0.1, 0.15) is 5.75 Å². The van der Waals surface area contributed by atoms with Crippen molar-refractivity contribution in [2.75, 3.05) is 24.6 Å². The van der Waals surface area contributed by atoms with Crippen molar-refractivity contribution in [3.8, 4) is 5.75 Å². The molecule has 1 N–H and O–H groups in total. The number of benzene rings is 1. The van der Waals surface area contributed by atoms with Gasteiger partial charge in [-0.05, 0) is 25.5 Å². The van der Waals surface area contributed by atoms with Crippen molar-refractivity contribution in [1.82, 2.24) is 5.32 Å². The van der Waals surface area contributed by atoms with Crippen molar-refractivity contribution in [2.24, 2.45) is 0 Å². The maximum absolute atomic E-state index is 12.0. The number of hydrogen-bond donors (Lipinski definition) is 1. The second-order valence-electron chi connectivity index (χ2n) is 5.47. The average molecular weight is 334 g/mol. The summed E-state index contributed by atoms with van der Waals surface area (Å²) < 4.78 is 10.4. The largest absolute Gasteiger partial charge is 0.482 e. The zero-order valence-electron chi connectivity index (χ0n) is 13.9. The normalized spacial score (nSPS) is 14.4. The molecule has 1 aromatic carbocycles. The molecule has 24 heavy (non-hydrogen) atoms. The second-order valence-corrected chi connectivity index (χ2v) is 5.47. The fourth-order valence-corrected chi connectivity index (χ4v) is 2.30. The first-order valence-electron chi connectivity index (χ1n) is 8.02. The summed E-state index contributed by atoms with van der Waals surface area (Å²) in [6, 6.07) is 7.15. The lowest BCUT2D eigenvalue weighted by Crippen LogP contribution is -2.41. The van der Waals surface area contributed by atoms with Crippen LogP contribution in [0.25, 0.3) is 0 Å². The van der Waals surface area contributed by atoms with Gasteiger partial charge in [0.25, 0.3) is 11.8 Å². The van der Waals surface area contributed by atoms with Crippen LogP contribution >= 0.6 is 0 Å². The van der Waals surface area contributed by atoms with Crippen molar-refractivity contribution < 1.29 is 23.9 Å². The first-order chi connectivity index (χ1) is 11.5. The molecule has 0 saturated heterocycles. The maximum atomic E-state index is 12.0. The summed E-state index contributed by atoms with van der Waals surface area (Å²) in [5.74, 6) is -0.447. The first kappa shape index (κ1) is 17.8. The number of para-hydroxylation sites is 2. The molecule has 0 aromatic heterocycles. The third kappa shape index (κ3) is 4.47. The van der Waals surface area contributed by atoms with Crippen molar-refractivity contribution in [3.05, 3.63) is 24.3 Å². The minimum Gasteiger partial charge on any atom is -0.482 e. The van der Waals surface area contributed by atoms with Crippen molar-refractivity contribution in [1.29, 1.82) is 0 Å². The van der Waals surface area contributed by atoms with Crippen LogP contribution in [0.3, 0.4) is 0 Å². The van der Waals surface area contributed by atoms with Gasteiger partial charge in [-0.1, -0.05) is 19.1 Å². The Kier molecular flexibility index (Phi) is 6.17. The lowest BCUT2D eigenvalue weighted by atomic mass is 10.2. The topological polar surface area (TPSA) is 84.9 Å². The van der Waals surface area contributed by atoms with Gasteiger partial charge in [0.05, 0.1) is 12.1 Å². The smallest absolute Gasteiger partial charge is 0.308 e. The average Bonchev–Trinajstić information content (AvgIpc) is 2.58. The Labute approximate surface area is 140 Å². The Bertz CT molecular complexity index is 617. The summed E-state index contributed by atoms with van der Waals surface area (Å²) in [6.07, 6.45) is -0.0343. The number of fused-ring (bicyclic) bond motifs is 1. The van der Waals surface area contributed by atoms with Gasteiger partial charge in [-0.2, -0.15) is 0 Å². The van der Waals surface area contributed by atoms with Crippen molar-refractivity contribution >= 4 is 23.5 Å². The molecule has 1 aromatic rings. The Morgan fingerprint density at radius 2 is 2.12 bits per heavy atom.